The Labute approximate surface area is 366 Å². The highest BCUT2D eigenvalue weighted by Crippen LogP contribution is 2.65. The topological polar surface area (TPSA) is 142 Å². The maximum atomic E-state index is 15.6. The number of halogens is 2. The van der Waals surface area contributed by atoms with E-state index in [1.54, 1.807) is 78.9 Å². The number of allylic oxidation sites excluding steroid dienone is 3. The number of hydrogen-bond acceptors (Lipinski definition) is 9. The SMILES string of the molecule is C=CCc1cccc([C@H]2C3=CC[C@@H]4C(=O)N(c5ccc(-c6nc7ccccc7o6)cc5)C(=O)[C@@H]4[C@@H]3C[C@H]3C(=O)N(Nc4ccc(Cl)cc4Cl)C(=O)[C@@]23c2ccc(OC)cc2)c1O. The zero-order chi connectivity index (χ0) is 43.0. The second-order valence-electron chi connectivity index (χ2n) is 16.1. The molecule has 310 valence electrons. The Bertz CT molecular complexity index is 2860. The molecule has 4 amide bonds. The Balaban J connectivity index is 1.10. The third-order valence-electron chi connectivity index (χ3n) is 13.1. The number of imide groups is 2. The largest absolute Gasteiger partial charge is 0.507 e. The molecule has 2 N–H and O–H groups in total. The van der Waals surface area contributed by atoms with Crippen molar-refractivity contribution in [1.29, 1.82) is 0 Å². The first kappa shape index (κ1) is 39.4. The van der Waals surface area contributed by atoms with E-state index in [4.69, 9.17) is 32.4 Å². The van der Waals surface area contributed by atoms with Crippen LogP contribution in [0.1, 0.15) is 35.4 Å². The molecule has 0 spiro atoms. The quantitative estimate of drug-likeness (QED) is 0.107. The zero-order valence-corrected chi connectivity index (χ0v) is 34.8. The van der Waals surface area contributed by atoms with Crippen molar-refractivity contribution in [3.8, 4) is 23.0 Å². The molecule has 3 heterocycles. The lowest BCUT2D eigenvalue weighted by atomic mass is 9.49. The first-order chi connectivity index (χ1) is 30.0. The van der Waals surface area contributed by atoms with Crippen LogP contribution in [0.25, 0.3) is 22.6 Å². The average Bonchev–Trinajstić information content (AvgIpc) is 3.90. The van der Waals surface area contributed by atoms with E-state index in [0.29, 0.717) is 67.7 Å². The minimum Gasteiger partial charge on any atom is -0.507 e. The van der Waals surface area contributed by atoms with Crippen molar-refractivity contribution >= 4 is 69.3 Å². The van der Waals surface area contributed by atoms with Crippen LogP contribution in [0.2, 0.25) is 10.0 Å². The lowest BCUT2D eigenvalue weighted by Gasteiger charge is -2.50. The number of phenols is 1. The molecule has 62 heavy (non-hydrogen) atoms. The number of nitrogens with zero attached hydrogens (tertiary/aromatic N) is 3. The minimum absolute atomic E-state index is 0.0467. The number of nitrogens with one attached hydrogen (secondary N) is 1. The second-order valence-corrected chi connectivity index (χ2v) is 16.9. The maximum Gasteiger partial charge on any atom is 0.260 e. The smallest absolute Gasteiger partial charge is 0.260 e. The molecule has 1 saturated carbocycles. The van der Waals surface area contributed by atoms with Gasteiger partial charge in [0.05, 0.1) is 46.7 Å². The van der Waals surface area contributed by atoms with Gasteiger partial charge in [0.2, 0.25) is 17.7 Å². The normalized spacial score (nSPS) is 24.2. The summed E-state index contributed by atoms with van der Waals surface area (Å²) in [5, 5.41) is 13.7. The predicted octanol–water partition coefficient (Wildman–Crippen LogP) is 9.43. The van der Waals surface area contributed by atoms with Crippen LogP contribution in [0.4, 0.5) is 11.4 Å². The number of hydrazine groups is 1. The summed E-state index contributed by atoms with van der Waals surface area (Å²) in [6.45, 7) is 3.88. The predicted molar refractivity (Wildman–Crippen MR) is 235 cm³/mol. The van der Waals surface area contributed by atoms with Gasteiger partial charge < -0.3 is 14.3 Å². The van der Waals surface area contributed by atoms with Crippen LogP contribution in [-0.2, 0) is 31.0 Å². The molecule has 6 aromatic rings. The highest BCUT2D eigenvalue weighted by atomic mass is 35.5. The number of benzene rings is 5. The van der Waals surface area contributed by atoms with Gasteiger partial charge in [-0.2, -0.15) is 5.01 Å². The van der Waals surface area contributed by atoms with E-state index in [2.05, 4.69) is 17.0 Å². The van der Waals surface area contributed by atoms with Gasteiger partial charge in [0.15, 0.2) is 5.58 Å². The third-order valence-corrected chi connectivity index (χ3v) is 13.6. The van der Waals surface area contributed by atoms with Gasteiger partial charge in [0.25, 0.3) is 11.8 Å². The molecule has 2 saturated heterocycles. The van der Waals surface area contributed by atoms with E-state index in [1.807, 2.05) is 36.4 Å². The molecule has 0 unspecified atom stereocenters. The van der Waals surface area contributed by atoms with Crippen molar-refractivity contribution in [2.75, 3.05) is 17.4 Å². The number of aromatic hydroxyl groups is 1. The fraction of sp³-hybridized carbons (Fsp3) is 0.204. The van der Waals surface area contributed by atoms with Crippen LogP contribution in [0.3, 0.4) is 0 Å². The number of amides is 4. The van der Waals surface area contributed by atoms with E-state index < -0.39 is 52.7 Å². The Morgan fingerprint density at radius 2 is 1.69 bits per heavy atom. The Hall–Kier alpha value is -6.69. The van der Waals surface area contributed by atoms with Crippen LogP contribution in [0, 0.1) is 23.7 Å². The fourth-order valence-electron chi connectivity index (χ4n) is 10.4. The molecule has 5 aromatic carbocycles. The van der Waals surface area contributed by atoms with Crippen LogP contribution in [-0.4, -0.2) is 45.8 Å². The lowest BCUT2D eigenvalue weighted by molar-refractivity contribution is -0.138. The van der Waals surface area contributed by atoms with Crippen molar-refractivity contribution in [3.05, 3.63) is 160 Å². The average molecular weight is 866 g/mol. The highest BCUT2D eigenvalue weighted by molar-refractivity contribution is 6.36. The number of carbonyl (C=O) groups is 4. The molecule has 1 aromatic heterocycles. The number of oxazole rings is 1. The van der Waals surface area contributed by atoms with Crippen LogP contribution in [0.5, 0.6) is 11.5 Å². The van der Waals surface area contributed by atoms with Crippen molar-refractivity contribution in [3.63, 3.8) is 0 Å². The number of methoxy groups -OCH3 is 1. The molecule has 3 fully saturated rings. The number of fused-ring (bicyclic) bond motifs is 5. The van der Waals surface area contributed by atoms with Crippen LogP contribution < -0.4 is 15.1 Å². The summed E-state index contributed by atoms with van der Waals surface area (Å²) in [4.78, 5) is 66.0. The molecule has 13 heteroatoms. The first-order valence-corrected chi connectivity index (χ1v) is 21.0. The zero-order valence-electron chi connectivity index (χ0n) is 33.3. The van der Waals surface area contributed by atoms with Crippen molar-refractivity contribution in [2.24, 2.45) is 23.7 Å². The van der Waals surface area contributed by atoms with Crippen molar-refractivity contribution in [1.82, 2.24) is 9.99 Å². The number of aromatic nitrogens is 1. The maximum absolute atomic E-state index is 15.6. The van der Waals surface area contributed by atoms with E-state index in [-0.39, 0.29) is 35.2 Å². The summed E-state index contributed by atoms with van der Waals surface area (Å²) in [6.07, 6.45) is 4.23. The molecular weight excluding hydrogens is 827 g/mol. The Morgan fingerprint density at radius 3 is 2.42 bits per heavy atom. The lowest BCUT2D eigenvalue weighted by Crippen LogP contribution is -2.53. The standard InChI is InChI=1S/C49H38Cl2N4O7/c1-3-7-26-8-6-9-34(43(26)56)42-32-21-22-33-41(47(59)54(45(33)57)30-17-12-27(13-18-30)44-52-39-10-4-5-11-40(39)62-44)35(32)25-36-46(58)55(53-38-23-16-29(50)24-37(38)51)48(60)49(36,42)28-14-19-31(61-2)20-15-28/h3-6,8-21,23-24,33,35-36,41-42,53,56H,1,7,22,25H2,2H3/t33-,35+,36-,41-,42+,49+/m0/s1. The summed E-state index contributed by atoms with van der Waals surface area (Å²) in [6, 6.07) is 31.4. The van der Waals surface area contributed by atoms with E-state index in [9.17, 15) is 14.7 Å². The fourth-order valence-corrected chi connectivity index (χ4v) is 10.8. The van der Waals surface area contributed by atoms with Crippen molar-refractivity contribution < 1.29 is 33.4 Å². The molecular formula is C49H38Cl2N4O7. The van der Waals surface area contributed by atoms with Gasteiger partial charge in [-0.15, -0.1) is 6.58 Å². The van der Waals surface area contributed by atoms with Gasteiger partial charge in [0.1, 0.15) is 17.0 Å². The Morgan fingerprint density at radius 1 is 0.919 bits per heavy atom. The van der Waals surface area contributed by atoms with E-state index in [0.717, 1.165) is 5.01 Å². The number of carbonyl (C=O) groups excluding carboxylic acids is 4. The first-order valence-electron chi connectivity index (χ1n) is 20.2. The summed E-state index contributed by atoms with van der Waals surface area (Å²) < 4.78 is 11.5. The summed E-state index contributed by atoms with van der Waals surface area (Å²) in [5.74, 6) is -5.23. The van der Waals surface area contributed by atoms with Gasteiger partial charge in [-0.05, 0) is 103 Å². The number of phenolic OH excluding ortho intramolecular Hbond substituents is 1. The highest BCUT2D eigenvalue weighted by Gasteiger charge is 2.70. The van der Waals surface area contributed by atoms with Gasteiger partial charge >= 0.3 is 0 Å². The van der Waals surface area contributed by atoms with Crippen LogP contribution >= 0.6 is 23.2 Å². The van der Waals surface area contributed by atoms with Gasteiger partial charge in [-0.25, -0.2) is 4.98 Å². The monoisotopic (exact) mass is 864 g/mol. The molecule has 4 aliphatic rings. The summed E-state index contributed by atoms with van der Waals surface area (Å²) in [5.41, 5.74) is 6.28. The molecule has 0 bridgehead atoms. The number of hydrogen-bond donors (Lipinski definition) is 2. The number of ether oxygens (including phenoxy) is 1. The number of para-hydroxylation sites is 3. The third kappa shape index (κ3) is 5.89. The van der Waals surface area contributed by atoms with Gasteiger partial charge in [-0.3, -0.25) is 29.5 Å². The molecule has 11 nitrogen and oxygen atoms in total. The van der Waals surface area contributed by atoms with Crippen LogP contribution in [0.15, 0.2) is 138 Å². The van der Waals surface area contributed by atoms with E-state index >= 15 is 9.59 Å². The number of anilines is 2. The molecule has 2 aliphatic heterocycles. The van der Waals surface area contributed by atoms with Gasteiger partial charge in [0, 0.05) is 22.1 Å². The van der Waals surface area contributed by atoms with Gasteiger partial charge in [-0.1, -0.05) is 83.4 Å². The minimum atomic E-state index is -1.64. The van der Waals surface area contributed by atoms with Crippen molar-refractivity contribution in [2.45, 2.75) is 30.6 Å². The second kappa shape index (κ2) is 15.0. The molecule has 0 radical (unpaired) electrons. The summed E-state index contributed by atoms with van der Waals surface area (Å²) >= 11 is 12.8. The summed E-state index contributed by atoms with van der Waals surface area (Å²) in [7, 11) is 1.54. The van der Waals surface area contributed by atoms with E-state index in [1.165, 1.54) is 18.1 Å². The molecule has 2 aliphatic carbocycles. The molecule has 6 atom stereocenters. The number of rotatable bonds is 9. The Kier molecular flexibility index (Phi) is 9.57. The molecule has 10 rings (SSSR count).